The number of rotatable bonds is 6. The van der Waals surface area contributed by atoms with E-state index in [4.69, 9.17) is 4.74 Å². The van der Waals surface area contributed by atoms with Gasteiger partial charge >= 0.3 is 5.97 Å². The van der Waals surface area contributed by atoms with Crippen LogP contribution in [-0.2, 0) is 9.53 Å². The van der Waals surface area contributed by atoms with Gasteiger partial charge < -0.3 is 33.2 Å². The number of hydrogen-bond donors (Lipinski definition) is 0. The minimum absolute atomic E-state index is 0. The second-order valence-corrected chi connectivity index (χ2v) is 8.45. The summed E-state index contributed by atoms with van der Waals surface area (Å²) in [6, 6.07) is 0. The SMILES string of the molecule is CC[N+](C)(C)CCCOC(=O)C1C2CC3CC(C2)CC1C3.[I-]. The number of carbonyl (C=O) groups excluding carboxylic acids is 1. The van der Waals surface area contributed by atoms with Crippen LogP contribution in [0.4, 0.5) is 0 Å². The van der Waals surface area contributed by atoms with Crippen LogP contribution in [0.1, 0.15) is 45.4 Å². The van der Waals surface area contributed by atoms with Crippen molar-refractivity contribution in [2.24, 2.45) is 29.6 Å². The molecule has 0 unspecified atom stereocenters. The van der Waals surface area contributed by atoms with Gasteiger partial charge in [-0.2, -0.15) is 0 Å². The average Bonchev–Trinajstić information content (AvgIpc) is 2.42. The molecule has 22 heavy (non-hydrogen) atoms. The lowest BCUT2D eigenvalue weighted by Gasteiger charge is -2.53. The van der Waals surface area contributed by atoms with Crippen LogP contribution in [0.15, 0.2) is 0 Å². The minimum Gasteiger partial charge on any atom is -1.00 e. The fraction of sp³-hybridized carbons (Fsp3) is 0.944. The maximum atomic E-state index is 12.5. The lowest BCUT2D eigenvalue weighted by Crippen LogP contribution is -3.00. The monoisotopic (exact) mass is 421 g/mol. The van der Waals surface area contributed by atoms with Crippen molar-refractivity contribution in [2.75, 3.05) is 33.8 Å². The molecule has 0 aromatic heterocycles. The molecule has 0 aromatic carbocycles. The number of esters is 1. The van der Waals surface area contributed by atoms with Gasteiger partial charge in [0, 0.05) is 6.42 Å². The summed E-state index contributed by atoms with van der Waals surface area (Å²) < 4.78 is 6.67. The molecule has 0 heterocycles. The molecule has 4 saturated carbocycles. The van der Waals surface area contributed by atoms with Crippen LogP contribution in [-0.4, -0.2) is 44.2 Å². The third-order valence-electron chi connectivity index (χ3n) is 6.51. The molecule has 4 bridgehead atoms. The van der Waals surface area contributed by atoms with Gasteiger partial charge in [0.05, 0.1) is 39.7 Å². The van der Waals surface area contributed by atoms with Crippen LogP contribution in [0.2, 0.25) is 0 Å². The van der Waals surface area contributed by atoms with Crippen molar-refractivity contribution in [3.05, 3.63) is 0 Å². The van der Waals surface area contributed by atoms with Gasteiger partial charge in [0.1, 0.15) is 0 Å². The first-order valence-corrected chi connectivity index (χ1v) is 8.97. The number of carbonyl (C=O) groups is 1. The van der Waals surface area contributed by atoms with Gasteiger partial charge in [0.2, 0.25) is 0 Å². The van der Waals surface area contributed by atoms with E-state index in [9.17, 15) is 4.79 Å². The predicted molar refractivity (Wildman–Crippen MR) is 83.6 cm³/mol. The second kappa shape index (κ2) is 7.37. The predicted octanol–water partition coefficient (Wildman–Crippen LogP) is 0.0923. The number of halogens is 1. The Morgan fingerprint density at radius 1 is 1.05 bits per heavy atom. The molecule has 0 N–H and O–H groups in total. The molecule has 0 aliphatic heterocycles. The number of hydrogen-bond acceptors (Lipinski definition) is 2. The molecular formula is C18H32INO2. The molecule has 0 amide bonds. The Kier molecular flexibility index (Phi) is 6.20. The van der Waals surface area contributed by atoms with Crippen LogP contribution in [0.3, 0.4) is 0 Å². The highest BCUT2D eigenvalue weighted by atomic mass is 127. The standard InChI is InChI=1S/C18H32NO2.HI/c1-4-19(2,3)6-5-7-21-18(20)17-15-9-13-8-14(11-15)12-16(17)10-13;/h13-17H,4-12H2,1-3H3;1H/q+1;/p-1. The Hall–Kier alpha value is 0.160. The van der Waals surface area contributed by atoms with Gasteiger partial charge in [-0.1, -0.05) is 0 Å². The summed E-state index contributed by atoms with van der Waals surface area (Å²) in [6.07, 6.45) is 7.62. The molecule has 0 aromatic rings. The first-order valence-electron chi connectivity index (χ1n) is 8.97. The van der Waals surface area contributed by atoms with Crippen LogP contribution >= 0.6 is 0 Å². The molecule has 4 aliphatic rings. The lowest BCUT2D eigenvalue weighted by molar-refractivity contribution is -0.888. The molecule has 4 rings (SSSR count). The van der Waals surface area contributed by atoms with Crippen LogP contribution in [0.5, 0.6) is 0 Å². The largest absolute Gasteiger partial charge is 1.00 e. The summed E-state index contributed by atoms with van der Waals surface area (Å²) in [5, 5.41) is 0. The van der Waals surface area contributed by atoms with Gasteiger partial charge in [-0.05, 0) is 62.7 Å². The number of quaternary nitrogens is 1. The van der Waals surface area contributed by atoms with E-state index in [1.54, 1.807) is 0 Å². The summed E-state index contributed by atoms with van der Waals surface area (Å²) in [5.41, 5.74) is 0. The van der Waals surface area contributed by atoms with Crippen molar-refractivity contribution < 1.29 is 38.0 Å². The van der Waals surface area contributed by atoms with Crippen LogP contribution < -0.4 is 24.0 Å². The van der Waals surface area contributed by atoms with Crippen molar-refractivity contribution in [1.29, 1.82) is 0 Å². The molecule has 4 aliphatic carbocycles. The maximum Gasteiger partial charge on any atom is 0.309 e. The zero-order chi connectivity index (χ0) is 15.0. The van der Waals surface area contributed by atoms with E-state index >= 15 is 0 Å². The van der Waals surface area contributed by atoms with E-state index < -0.39 is 0 Å². The molecule has 4 fully saturated rings. The molecule has 0 atom stereocenters. The molecule has 0 radical (unpaired) electrons. The fourth-order valence-electron chi connectivity index (χ4n) is 5.23. The fourth-order valence-corrected chi connectivity index (χ4v) is 5.23. The highest BCUT2D eigenvalue weighted by molar-refractivity contribution is 5.73. The van der Waals surface area contributed by atoms with E-state index in [0.29, 0.717) is 18.4 Å². The van der Waals surface area contributed by atoms with E-state index in [-0.39, 0.29) is 35.9 Å². The van der Waals surface area contributed by atoms with Crippen LogP contribution in [0, 0.1) is 29.6 Å². The first kappa shape index (κ1) is 18.5. The first-order chi connectivity index (χ1) is 9.98. The highest BCUT2D eigenvalue weighted by Crippen LogP contribution is 2.56. The van der Waals surface area contributed by atoms with E-state index in [1.807, 2.05) is 0 Å². The average molecular weight is 421 g/mol. The van der Waals surface area contributed by atoms with Gasteiger partial charge in [-0.15, -0.1) is 0 Å². The van der Waals surface area contributed by atoms with Gasteiger partial charge in [0.15, 0.2) is 0 Å². The van der Waals surface area contributed by atoms with Gasteiger partial charge in [0.25, 0.3) is 0 Å². The van der Waals surface area contributed by atoms with E-state index in [2.05, 4.69) is 21.0 Å². The third-order valence-corrected chi connectivity index (χ3v) is 6.51. The maximum absolute atomic E-state index is 12.5. The summed E-state index contributed by atoms with van der Waals surface area (Å²) in [5.74, 6) is 3.53. The molecule has 128 valence electrons. The highest BCUT2D eigenvalue weighted by Gasteiger charge is 2.51. The Labute approximate surface area is 152 Å². The van der Waals surface area contributed by atoms with Gasteiger partial charge in [-0.25, -0.2) is 0 Å². The summed E-state index contributed by atoms with van der Waals surface area (Å²) in [4.78, 5) is 12.5. The number of nitrogens with zero attached hydrogens (tertiary/aromatic N) is 1. The van der Waals surface area contributed by atoms with Crippen molar-refractivity contribution in [3.8, 4) is 0 Å². The van der Waals surface area contributed by atoms with Crippen molar-refractivity contribution in [1.82, 2.24) is 0 Å². The summed E-state index contributed by atoms with van der Waals surface area (Å²) >= 11 is 0. The number of ether oxygens (including phenoxy) is 1. The topological polar surface area (TPSA) is 26.3 Å². The van der Waals surface area contributed by atoms with Crippen LogP contribution in [0.25, 0.3) is 0 Å². The zero-order valence-electron chi connectivity index (χ0n) is 14.4. The van der Waals surface area contributed by atoms with Gasteiger partial charge in [-0.3, -0.25) is 4.79 Å². The van der Waals surface area contributed by atoms with E-state index in [0.717, 1.165) is 35.8 Å². The second-order valence-electron chi connectivity index (χ2n) is 8.45. The molecule has 3 nitrogen and oxygen atoms in total. The Morgan fingerprint density at radius 2 is 1.59 bits per heavy atom. The lowest BCUT2D eigenvalue weighted by atomic mass is 9.52. The molecule has 0 spiro atoms. The van der Waals surface area contributed by atoms with Crippen molar-refractivity contribution in [3.63, 3.8) is 0 Å². The normalized spacial score (nSPS) is 36.0. The third kappa shape index (κ3) is 3.97. The Balaban J connectivity index is 0.00000176. The molecule has 0 saturated heterocycles. The molecule has 4 heteroatoms. The van der Waals surface area contributed by atoms with E-state index in [1.165, 1.54) is 32.1 Å². The van der Waals surface area contributed by atoms with Crippen molar-refractivity contribution >= 4 is 5.97 Å². The Bertz CT molecular complexity index is 369. The molecular weight excluding hydrogens is 389 g/mol. The smallest absolute Gasteiger partial charge is 0.309 e. The quantitative estimate of drug-likeness (QED) is 0.263. The van der Waals surface area contributed by atoms with Crippen molar-refractivity contribution in [2.45, 2.75) is 45.4 Å². The summed E-state index contributed by atoms with van der Waals surface area (Å²) in [7, 11) is 4.47. The summed E-state index contributed by atoms with van der Waals surface area (Å²) in [6.45, 7) is 5.04. The zero-order valence-corrected chi connectivity index (χ0v) is 16.5. The minimum atomic E-state index is 0. The Morgan fingerprint density at radius 3 is 2.09 bits per heavy atom.